The summed E-state index contributed by atoms with van der Waals surface area (Å²) in [6.07, 6.45) is 0. The molecule has 0 spiro atoms. The van der Waals surface area contributed by atoms with E-state index >= 15 is 0 Å². The highest BCUT2D eigenvalue weighted by Gasteiger charge is 2.12. The molecule has 0 aliphatic carbocycles. The summed E-state index contributed by atoms with van der Waals surface area (Å²) in [7, 11) is 0. The number of nitrogens with zero attached hydrogens (tertiary/aromatic N) is 3. The van der Waals surface area contributed by atoms with Gasteiger partial charge in [0.15, 0.2) is 5.17 Å². The first-order valence-electron chi connectivity index (χ1n) is 3.52. The second-order valence-corrected chi connectivity index (χ2v) is 4.19. The van der Waals surface area contributed by atoms with Crippen LogP contribution in [0.5, 0.6) is 0 Å². The van der Waals surface area contributed by atoms with Gasteiger partial charge >= 0.3 is 0 Å². The summed E-state index contributed by atoms with van der Waals surface area (Å²) in [6, 6.07) is 3.50. The van der Waals surface area contributed by atoms with Gasteiger partial charge in [0, 0.05) is 10.0 Å². The molecule has 2 rings (SSSR count). The molecule has 1 N–H and O–H groups in total. The molecule has 0 aliphatic rings. The predicted molar refractivity (Wildman–Crippen MR) is 59.3 cm³/mol. The number of oxime groups is 1. The first-order valence-corrected chi connectivity index (χ1v) is 5.43. The van der Waals surface area contributed by atoms with Crippen LogP contribution in [0.15, 0.2) is 21.8 Å². The summed E-state index contributed by atoms with van der Waals surface area (Å²) in [5, 5.41) is 11.5. The lowest BCUT2D eigenvalue weighted by Crippen LogP contribution is -1.92. The molecule has 0 amide bonds. The number of hydrogen-bond donors (Lipinski definition) is 1. The summed E-state index contributed by atoms with van der Waals surface area (Å²) in [6.45, 7) is 0. The maximum Gasteiger partial charge on any atom is 0.177 e. The van der Waals surface area contributed by atoms with Gasteiger partial charge in [-0.2, -0.15) is 8.75 Å². The molecule has 0 aliphatic heterocycles. The Morgan fingerprint density at radius 3 is 2.86 bits per heavy atom. The lowest BCUT2D eigenvalue weighted by Gasteiger charge is -1.98. The van der Waals surface area contributed by atoms with Crippen LogP contribution in [0, 0.1) is 0 Å². The van der Waals surface area contributed by atoms with Crippen LogP contribution < -0.4 is 0 Å². The third kappa shape index (κ3) is 1.49. The predicted octanol–water partition coefficient (Wildman–Crippen LogP) is 2.83. The first kappa shape index (κ1) is 9.82. The first-order chi connectivity index (χ1) is 6.74. The molecular formula is C7H3BrClN3OS. The Labute approximate surface area is 96.7 Å². The maximum atomic E-state index is 8.55. The molecule has 1 aromatic carbocycles. The number of benzene rings is 1. The number of aromatic nitrogens is 2. The number of rotatable bonds is 1. The van der Waals surface area contributed by atoms with Gasteiger partial charge in [0.1, 0.15) is 11.0 Å². The molecule has 0 fully saturated rings. The van der Waals surface area contributed by atoms with Crippen molar-refractivity contribution in [1.29, 1.82) is 0 Å². The van der Waals surface area contributed by atoms with Crippen molar-refractivity contribution < 1.29 is 5.21 Å². The van der Waals surface area contributed by atoms with E-state index in [4.69, 9.17) is 16.8 Å². The summed E-state index contributed by atoms with van der Waals surface area (Å²) in [5.41, 5.74) is 1.92. The van der Waals surface area contributed by atoms with Crippen LogP contribution in [0.3, 0.4) is 0 Å². The van der Waals surface area contributed by atoms with Gasteiger partial charge in [-0.1, -0.05) is 16.8 Å². The molecule has 2 aromatic rings. The second-order valence-electron chi connectivity index (χ2n) is 2.45. The van der Waals surface area contributed by atoms with Gasteiger partial charge in [-0.15, -0.1) is 0 Å². The molecule has 0 unspecified atom stereocenters. The molecule has 14 heavy (non-hydrogen) atoms. The summed E-state index contributed by atoms with van der Waals surface area (Å²) in [5.74, 6) is 0. The fourth-order valence-electron chi connectivity index (χ4n) is 1.06. The molecule has 0 saturated carbocycles. The van der Waals surface area contributed by atoms with E-state index in [0.717, 1.165) is 16.2 Å². The zero-order valence-electron chi connectivity index (χ0n) is 6.61. The third-order valence-corrected chi connectivity index (χ3v) is 3.12. The average Bonchev–Trinajstić information content (AvgIpc) is 2.67. The van der Waals surface area contributed by atoms with Gasteiger partial charge in [0.25, 0.3) is 0 Å². The van der Waals surface area contributed by atoms with E-state index in [1.54, 1.807) is 12.1 Å². The number of hydrogen-bond acceptors (Lipinski definition) is 5. The molecule has 72 valence electrons. The van der Waals surface area contributed by atoms with Crippen molar-refractivity contribution in [2.75, 3.05) is 0 Å². The standard InChI is InChI=1S/C7H3BrClN3OS/c8-4-2-1-3(7(9)10-13)5-6(4)12-14-11-5/h1-2,13H. The molecule has 1 aromatic heterocycles. The lowest BCUT2D eigenvalue weighted by molar-refractivity contribution is 0.321. The van der Waals surface area contributed by atoms with Gasteiger partial charge in [-0.3, -0.25) is 0 Å². The summed E-state index contributed by atoms with van der Waals surface area (Å²) < 4.78 is 9.00. The Balaban J connectivity index is 2.79. The van der Waals surface area contributed by atoms with Crippen molar-refractivity contribution in [3.05, 3.63) is 22.2 Å². The quantitative estimate of drug-likeness (QED) is 0.499. The van der Waals surface area contributed by atoms with E-state index in [0.29, 0.717) is 16.6 Å². The highest BCUT2D eigenvalue weighted by molar-refractivity contribution is 9.10. The van der Waals surface area contributed by atoms with E-state index in [1.807, 2.05) is 0 Å². The third-order valence-electron chi connectivity index (χ3n) is 1.68. The van der Waals surface area contributed by atoms with Crippen molar-refractivity contribution in [1.82, 2.24) is 8.75 Å². The molecule has 0 bridgehead atoms. The van der Waals surface area contributed by atoms with Crippen molar-refractivity contribution >= 4 is 55.5 Å². The van der Waals surface area contributed by atoms with E-state index < -0.39 is 0 Å². The molecule has 0 saturated heterocycles. The average molecular weight is 293 g/mol. The van der Waals surface area contributed by atoms with Crippen LogP contribution in [0.4, 0.5) is 0 Å². The molecule has 7 heteroatoms. The van der Waals surface area contributed by atoms with E-state index in [9.17, 15) is 0 Å². The van der Waals surface area contributed by atoms with Gasteiger partial charge < -0.3 is 5.21 Å². The molecule has 0 radical (unpaired) electrons. The number of halogens is 2. The van der Waals surface area contributed by atoms with E-state index in [-0.39, 0.29) is 5.17 Å². The van der Waals surface area contributed by atoms with Gasteiger partial charge in [-0.05, 0) is 28.1 Å². The zero-order valence-corrected chi connectivity index (χ0v) is 9.77. The Hall–Kier alpha value is -0.720. The Kier molecular flexibility index (Phi) is 2.66. The van der Waals surface area contributed by atoms with Gasteiger partial charge in [0.05, 0.1) is 11.7 Å². The zero-order chi connectivity index (χ0) is 10.1. The lowest BCUT2D eigenvalue weighted by atomic mass is 10.2. The maximum absolute atomic E-state index is 8.55. The minimum atomic E-state index is 0.00944. The van der Waals surface area contributed by atoms with Gasteiger partial charge in [0.2, 0.25) is 0 Å². The molecule has 1 heterocycles. The molecule has 4 nitrogen and oxygen atoms in total. The topological polar surface area (TPSA) is 58.4 Å². The normalized spacial score (nSPS) is 12.3. The van der Waals surface area contributed by atoms with Crippen LogP contribution in [0.1, 0.15) is 5.56 Å². The minimum Gasteiger partial charge on any atom is -0.410 e. The van der Waals surface area contributed by atoms with Crippen molar-refractivity contribution in [2.24, 2.45) is 5.16 Å². The van der Waals surface area contributed by atoms with Crippen molar-refractivity contribution in [2.45, 2.75) is 0 Å². The Morgan fingerprint density at radius 1 is 1.43 bits per heavy atom. The van der Waals surface area contributed by atoms with Crippen LogP contribution in [-0.2, 0) is 0 Å². The highest BCUT2D eigenvalue weighted by Crippen LogP contribution is 2.26. The smallest absolute Gasteiger partial charge is 0.177 e. The van der Waals surface area contributed by atoms with Gasteiger partial charge in [-0.25, -0.2) is 0 Å². The van der Waals surface area contributed by atoms with Crippen molar-refractivity contribution in [3.8, 4) is 0 Å². The Bertz CT molecular complexity index is 513. The monoisotopic (exact) mass is 291 g/mol. The Morgan fingerprint density at radius 2 is 2.14 bits per heavy atom. The molecular weight excluding hydrogens is 290 g/mol. The van der Waals surface area contributed by atoms with Crippen LogP contribution in [-0.4, -0.2) is 19.1 Å². The van der Waals surface area contributed by atoms with E-state index in [2.05, 4.69) is 29.8 Å². The molecule has 0 atom stereocenters. The van der Waals surface area contributed by atoms with Crippen LogP contribution in [0.25, 0.3) is 11.0 Å². The fraction of sp³-hybridized carbons (Fsp3) is 0. The SMILES string of the molecule is ON=C(Cl)c1ccc(Br)c2nsnc12. The van der Waals surface area contributed by atoms with Crippen molar-refractivity contribution in [3.63, 3.8) is 0 Å². The number of fused-ring (bicyclic) bond motifs is 1. The summed E-state index contributed by atoms with van der Waals surface area (Å²) in [4.78, 5) is 0. The highest BCUT2D eigenvalue weighted by atomic mass is 79.9. The van der Waals surface area contributed by atoms with Crippen LogP contribution in [0.2, 0.25) is 0 Å². The van der Waals surface area contributed by atoms with Crippen LogP contribution >= 0.6 is 39.3 Å². The fourth-order valence-corrected chi connectivity index (χ4v) is 2.31. The largest absolute Gasteiger partial charge is 0.410 e. The second kappa shape index (κ2) is 3.80. The minimum absolute atomic E-state index is 0.00944. The summed E-state index contributed by atoms with van der Waals surface area (Å²) >= 11 is 10.1. The van der Waals surface area contributed by atoms with E-state index in [1.165, 1.54) is 0 Å².